The van der Waals surface area contributed by atoms with Gasteiger partial charge in [0.15, 0.2) is 0 Å². The van der Waals surface area contributed by atoms with Crippen molar-refractivity contribution >= 4 is 27.3 Å². The number of rotatable bonds is 6. The maximum atomic E-state index is 12.7. The second kappa shape index (κ2) is 5.80. The number of ether oxygens (including phenoxy) is 1. The molecule has 0 atom stereocenters. The van der Waals surface area contributed by atoms with Crippen LogP contribution in [0.5, 0.6) is 0 Å². The fourth-order valence-corrected chi connectivity index (χ4v) is 5.40. The minimum absolute atomic E-state index is 0.00898. The van der Waals surface area contributed by atoms with Crippen molar-refractivity contribution in [2.45, 2.75) is 30.7 Å². The van der Waals surface area contributed by atoms with Gasteiger partial charge in [-0.3, -0.25) is 0 Å². The number of thiophene rings is 1. The summed E-state index contributed by atoms with van der Waals surface area (Å²) >= 11 is 1.06. The average molecular weight is 319 g/mol. The number of hydrogen-bond donors (Lipinski definition) is 1. The quantitative estimate of drug-likeness (QED) is 0.791. The molecule has 1 N–H and O–H groups in total. The fourth-order valence-electron chi connectivity index (χ4n) is 2.06. The van der Waals surface area contributed by atoms with Gasteiger partial charge in [0.05, 0.1) is 13.7 Å². The SMILES string of the molecule is COC(=O)c1scc(C)c1S(=O)(=O)N(CCO)C1CC1. The van der Waals surface area contributed by atoms with Crippen LogP contribution in [-0.2, 0) is 14.8 Å². The van der Waals surface area contributed by atoms with Crippen molar-refractivity contribution in [1.29, 1.82) is 0 Å². The highest BCUT2D eigenvalue weighted by molar-refractivity contribution is 7.89. The van der Waals surface area contributed by atoms with E-state index in [9.17, 15) is 13.2 Å². The van der Waals surface area contributed by atoms with Crippen LogP contribution in [-0.4, -0.2) is 50.1 Å². The minimum atomic E-state index is -3.79. The number of aryl methyl sites for hydroxylation is 1. The third kappa shape index (κ3) is 2.73. The molecular weight excluding hydrogens is 302 g/mol. The topological polar surface area (TPSA) is 83.9 Å². The largest absolute Gasteiger partial charge is 0.465 e. The molecule has 8 heteroatoms. The number of sulfonamides is 1. The van der Waals surface area contributed by atoms with E-state index < -0.39 is 16.0 Å². The van der Waals surface area contributed by atoms with Crippen molar-refractivity contribution in [3.63, 3.8) is 0 Å². The Labute approximate surface area is 122 Å². The zero-order chi connectivity index (χ0) is 14.9. The molecule has 112 valence electrons. The first-order valence-electron chi connectivity index (χ1n) is 6.22. The molecule has 1 aromatic heterocycles. The number of hydrogen-bond acceptors (Lipinski definition) is 6. The Balaban J connectivity index is 2.47. The van der Waals surface area contributed by atoms with Gasteiger partial charge in [-0.1, -0.05) is 0 Å². The van der Waals surface area contributed by atoms with E-state index in [-0.39, 0.29) is 29.0 Å². The van der Waals surface area contributed by atoms with Gasteiger partial charge in [-0.2, -0.15) is 4.31 Å². The van der Waals surface area contributed by atoms with E-state index in [1.807, 2.05) is 0 Å². The lowest BCUT2D eigenvalue weighted by Gasteiger charge is -2.21. The molecule has 2 rings (SSSR count). The lowest BCUT2D eigenvalue weighted by atomic mass is 10.3. The molecule has 0 bridgehead atoms. The predicted octanol–water partition coefficient (Wildman–Crippen LogP) is 0.989. The Kier molecular flexibility index (Phi) is 4.48. The summed E-state index contributed by atoms with van der Waals surface area (Å²) < 4.78 is 31.4. The predicted molar refractivity (Wildman–Crippen MR) is 74.4 cm³/mol. The first-order valence-corrected chi connectivity index (χ1v) is 8.54. The van der Waals surface area contributed by atoms with E-state index in [4.69, 9.17) is 5.11 Å². The number of aliphatic hydroxyl groups is 1. The van der Waals surface area contributed by atoms with Gasteiger partial charge in [-0.05, 0) is 30.7 Å². The van der Waals surface area contributed by atoms with Crippen molar-refractivity contribution in [2.75, 3.05) is 20.3 Å². The van der Waals surface area contributed by atoms with E-state index in [0.717, 1.165) is 24.2 Å². The van der Waals surface area contributed by atoms with Crippen LogP contribution < -0.4 is 0 Å². The van der Waals surface area contributed by atoms with Crippen LogP contribution >= 0.6 is 11.3 Å². The van der Waals surface area contributed by atoms with E-state index in [0.29, 0.717) is 5.56 Å². The minimum Gasteiger partial charge on any atom is -0.465 e. The summed E-state index contributed by atoms with van der Waals surface area (Å²) in [6, 6.07) is -0.0723. The molecule has 0 amide bonds. The zero-order valence-corrected chi connectivity index (χ0v) is 13.0. The number of methoxy groups -OCH3 is 1. The Morgan fingerprint density at radius 1 is 1.55 bits per heavy atom. The average Bonchev–Trinajstić information content (AvgIpc) is 3.16. The van der Waals surface area contributed by atoms with E-state index >= 15 is 0 Å². The molecule has 0 saturated heterocycles. The fraction of sp³-hybridized carbons (Fsp3) is 0.583. The van der Waals surface area contributed by atoms with Crippen LogP contribution in [0.3, 0.4) is 0 Å². The summed E-state index contributed by atoms with van der Waals surface area (Å²) in [6.45, 7) is 1.45. The van der Waals surface area contributed by atoms with Crippen molar-refractivity contribution in [3.05, 3.63) is 15.8 Å². The number of esters is 1. The monoisotopic (exact) mass is 319 g/mol. The van der Waals surface area contributed by atoms with Crippen molar-refractivity contribution in [3.8, 4) is 0 Å². The lowest BCUT2D eigenvalue weighted by molar-refractivity contribution is 0.0602. The molecule has 1 aliphatic carbocycles. The summed E-state index contributed by atoms with van der Waals surface area (Å²) in [5, 5.41) is 10.7. The van der Waals surface area contributed by atoms with Gasteiger partial charge in [-0.15, -0.1) is 11.3 Å². The van der Waals surface area contributed by atoms with Gasteiger partial charge in [0.1, 0.15) is 9.77 Å². The summed E-state index contributed by atoms with van der Waals surface area (Å²) in [5.74, 6) is -0.651. The van der Waals surface area contributed by atoms with Gasteiger partial charge < -0.3 is 9.84 Å². The van der Waals surface area contributed by atoms with Gasteiger partial charge in [0, 0.05) is 12.6 Å². The van der Waals surface area contributed by atoms with Crippen LogP contribution in [0.4, 0.5) is 0 Å². The van der Waals surface area contributed by atoms with Crippen molar-refractivity contribution < 1.29 is 23.1 Å². The molecule has 20 heavy (non-hydrogen) atoms. The normalized spacial score (nSPS) is 15.6. The third-order valence-electron chi connectivity index (χ3n) is 3.13. The lowest BCUT2D eigenvalue weighted by Crippen LogP contribution is -2.36. The molecule has 1 aliphatic rings. The Bertz CT molecular complexity index is 603. The third-order valence-corrected chi connectivity index (χ3v) is 6.48. The Morgan fingerprint density at radius 2 is 2.20 bits per heavy atom. The molecule has 1 fully saturated rings. The Hall–Kier alpha value is -0.960. The smallest absolute Gasteiger partial charge is 0.349 e. The van der Waals surface area contributed by atoms with Gasteiger partial charge in [0.2, 0.25) is 10.0 Å². The molecule has 1 heterocycles. The first kappa shape index (κ1) is 15.4. The molecular formula is C12H17NO5S2. The molecule has 0 unspecified atom stereocenters. The first-order chi connectivity index (χ1) is 9.43. The van der Waals surface area contributed by atoms with Crippen LogP contribution in [0.1, 0.15) is 28.1 Å². The number of carbonyl (C=O) groups excluding carboxylic acids is 1. The van der Waals surface area contributed by atoms with Gasteiger partial charge in [-0.25, -0.2) is 13.2 Å². The molecule has 6 nitrogen and oxygen atoms in total. The van der Waals surface area contributed by atoms with E-state index in [1.54, 1.807) is 12.3 Å². The maximum absolute atomic E-state index is 12.7. The van der Waals surface area contributed by atoms with E-state index in [2.05, 4.69) is 4.74 Å². The highest BCUT2D eigenvalue weighted by Crippen LogP contribution is 2.36. The molecule has 0 aliphatic heterocycles. The number of aliphatic hydroxyl groups excluding tert-OH is 1. The van der Waals surface area contributed by atoms with E-state index in [1.165, 1.54) is 11.4 Å². The molecule has 0 spiro atoms. The summed E-state index contributed by atoms with van der Waals surface area (Å²) in [7, 11) is -2.57. The van der Waals surface area contributed by atoms with Gasteiger partial charge in [0.25, 0.3) is 0 Å². The molecule has 1 saturated carbocycles. The van der Waals surface area contributed by atoms with Crippen LogP contribution in [0.15, 0.2) is 10.3 Å². The summed E-state index contributed by atoms with van der Waals surface area (Å²) in [5.41, 5.74) is 0.527. The van der Waals surface area contributed by atoms with Crippen LogP contribution in [0.25, 0.3) is 0 Å². The molecule has 0 aromatic carbocycles. The van der Waals surface area contributed by atoms with Crippen molar-refractivity contribution in [2.24, 2.45) is 0 Å². The number of carbonyl (C=O) groups is 1. The maximum Gasteiger partial charge on any atom is 0.349 e. The second-order valence-electron chi connectivity index (χ2n) is 4.64. The van der Waals surface area contributed by atoms with Crippen molar-refractivity contribution in [1.82, 2.24) is 4.31 Å². The Morgan fingerprint density at radius 3 is 2.70 bits per heavy atom. The van der Waals surface area contributed by atoms with Crippen LogP contribution in [0.2, 0.25) is 0 Å². The number of nitrogens with zero attached hydrogens (tertiary/aromatic N) is 1. The zero-order valence-electron chi connectivity index (χ0n) is 11.3. The highest BCUT2D eigenvalue weighted by Gasteiger charge is 2.40. The standard InChI is InChI=1S/C12H17NO5S2/c1-8-7-19-10(12(15)18-2)11(8)20(16,17)13(5-6-14)9-3-4-9/h7,9,14H,3-6H2,1-2H3. The van der Waals surface area contributed by atoms with Crippen LogP contribution in [0, 0.1) is 6.92 Å². The molecule has 0 radical (unpaired) electrons. The second-order valence-corrected chi connectivity index (χ2v) is 7.35. The summed E-state index contributed by atoms with van der Waals surface area (Å²) in [6.07, 6.45) is 1.58. The molecule has 1 aromatic rings. The highest BCUT2D eigenvalue weighted by atomic mass is 32.2. The van der Waals surface area contributed by atoms with Gasteiger partial charge >= 0.3 is 5.97 Å². The summed E-state index contributed by atoms with van der Waals surface area (Å²) in [4.78, 5) is 11.8.